The third-order valence-electron chi connectivity index (χ3n) is 4.20. The van der Waals surface area contributed by atoms with Crippen molar-refractivity contribution in [3.63, 3.8) is 0 Å². The Kier molecular flexibility index (Phi) is 6.58. The summed E-state index contributed by atoms with van der Waals surface area (Å²) in [5, 5.41) is 4.87. The van der Waals surface area contributed by atoms with E-state index in [1.54, 1.807) is 30.4 Å². The lowest BCUT2D eigenvalue weighted by Crippen LogP contribution is -2.34. The van der Waals surface area contributed by atoms with Crippen LogP contribution in [-0.4, -0.2) is 30.9 Å². The molecule has 1 aromatic carbocycles. The SMILES string of the molecule is COc1ccc(C(CC(=O)N(C)C(C)c2cccs2)NC(C)=O)cc1. The third kappa shape index (κ3) is 5.06. The van der Waals surface area contributed by atoms with Crippen molar-refractivity contribution in [1.29, 1.82) is 0 Å². The molecule has 0 aliphatic carbocycles. The maximum atomic E-state index is 12.7. The standard InChI is InChI=1S/C19H24N2O3S/c1-13(18-6-5-11-25-18)21(3)19(23)12-17(20-14(2)22)15-7-9-16(24-4)10-8-15/h5-11,13,17H,12H2,1-4H3,(H,20,22). The van der Waals surface area contributed by atoms with E-state index < -0.39 is 0 Å². The van der Waals surface area contributed by atoms with Gasteiger partial charge in [0.15, 0.2) is 0 Å². The van der Waals surface area contributed by atoms with Crippen molar-refractivity contribution in [2.24, 2.45) is 0 Å². The molecular weight excluding hydrogens is 336 g/mol. The molecule has 0 saturated carbocycles. The van der Waals surface area contributed by atoms with Crippen LogP contribution in [0.5, 0.6) is 5.75 Å². The molecule has 5 nitrogen and oxygen atoms in total. The van der Waals surface area contributed by atoms with Crippen LogP contribution in [0.1, 0.15) is 42.8 Å². The summed E-state index contributed by atoms with van der Waals surface area (Å²) in [5.41, 5.74) is 0.876. The van der Waals surface area contributed by atoms with Crippen LogP contribution in [0, 0.1) is 0 Å². The van der Waals surface area contributed by atoms with Gasteiger partial charge in [0.1, 0.15) is 5.75 Å². The van der Waals surface area contributed by atoms with E-state index in [-0.39, 0.29) is 30.3 Å². The molecule has 1 heterocycles. The zero-order chi connectivity index (χ0) is 18.4. The zero-order valence-electron chi connectivity index (χ0n) is 15.0. The Morgan fingerprint density at radius 1 is 1.24 bits per heavy atom. The summed E-state index contributed by atoms with van der Waals surface area (Å²) in [7, 11) is 3.40. The van der Waals surface area contributed by atoms with Crippen molar-refractivity contribution >= 4 is 23.2 Å². The van der Waals surface area contributed by atoms with Gasteiger partial charge in [-0.25, -0.2) is 0 Å². The van der Waals surface area contributed by atoms with Crippen molar-refractivity contribution in [1.82, 2.24) is 10.2 Å². The van der Waals surface area contributed by atoms with Gasteiger partial charge in [0.05, 0.1) is 25.6 Å². The number of nitrogens with one attached hydrogen (secondary N) is 1. The number of nitrogens with zero attached hydrogens (tertiary/aromatic N) is 1. The fourth-order valence-electron chi connectivity index (χ4n) is 2.59. The van der Waals surface area contributed by atoms with Gasteiger partial charge in [0, 0.05) is 18.8 Å². The topological polar surface area (TPSA) is 58.6 Å². The third-order valence-corrected chi connectivity index (χ3v) is 5.25. The molecule has 2 atom stereocenters. The highest BCUT2D eigenvalue weighted by Gasteiger charge is 2.23. The minimum Gasteiger partial charge on any atom is -0.497 e. The Morgan fingerprint density at radius 2 is 1.92 bits per heavy atom. The first-order valence-electron chi connectivity index (χ1n) is 8.12. The number of hydrogen-bond donors (Lipinski definition) is 1. The Labute approximate surface area is 152 Å². The highest BCUT2D eigenvalue weighted by atomic mass is 32.1. The first-order chi connectivity index (χ1) is 11.9. The first-order valence-corrected chi connectivity index (χ1v) is 9.00. The van der Waals surface area contributed by atoms with Crippen LogP contribution in [0.15, 0.2) is 41.8 Å². The highest BCUT2D eigenvalue weighted by Crippen LogP contribution is 2.26. The molecule has 2 aromatic rings. The molecule has 1 aromatic heterocycles. The lowest BCUT2D eigenvalue weighted by molar-refractivity contribution is -0.132. The van der Waals surface area contributed by atoms with Crippen LogP contribution in [0.2, 0.25) is 0 Å². The van der Waals surface area contributed by atoms with E-state index in [1.165, 1.54) is 6.92 Å². The van der Waals surface area contributed by atoms with Crippen LogP contribution in [0.4, 0.5) is 0 Å². The number of amides is 2. The molecule has 1 N–H and O–H groups in total. The lowest BCUT2D eigenvalue weighted by atomic mass is 10.0. The average Bonchev–Trinajstić information content (AvgIpc) is 3.14. The molecule has 0 aliphatic rings. The molecule has 0 radical (unpaired) electrons. The van der Waals surface area contributed by atoms with Crippen LogP contribution in [0.25, 0.3) is 0 Å². The van der Waals surface area contributed by atoms with Crippen molar-refractivity contribution in [2.45, 2.75) is 32.4 Å². The number of ether oxygens (including phenoxy) is 1. The molecule has 6 heteroatoms. The number of carbonyl (C=O) groups is 2. The van der Waals surface area contributed by atoms with Crippen molar-refractivity contribution < 1.29 is 14.3 Å². The molecule has 2 unspecified atom stereocenters. The second-order valence-corrected chi connectivity index (χ2v) is 6.91. The van der Waals surface area contributed by atoms with Crippen LogP contribution >= 0.6 is 11.3 Å². The Balaban J connectivity index is 2.12. The second-order valence-electron chi connectivity index (χ2n) is 5.93. The quantitative estimate of drug-likeness (QED) is 0.821. The van der Waals surface area contributed by atoms with Gasteiger partial charge in [-0.2, -0.15) is 0 Å². The van der Waals surface area contributed by atoms with Gasteiger partial charge >= 0.3 is 0 Å². The number of hydrogen-bond acceptors (Lipinski definition) is 4. The van der Waals surface area contributed by atoms with Crippen molar-refractivity contribution in [3.8, 4) is 5.75 Å². The monoisotopic (exact) mass is 360 g/mol. The number of thiophene rings is 1. The average molecular weight is 360 g/mol. The predicted octanol–water partition coefficient (Wildman–Crippen LogP) is 3.54. The van der Waals surface area contributed by atoms with Gasteiger partial charge < -0.3 is 15.0 Å². The molecule has 0 spiro atoms. The van der Waals surface area contributed by atoms with Gasteiger partial charge in [0.2, 0.25) is 11.8 Å². The summed E-state index contributed by atoms with van der Waals surface area (Å²) < 4.78 is 5.16. The largest absolute Gasteiger partial charge is 0.497 e. The maximum Gasteiger partial charge on any atom is 0.225 e. The molecule has 2 rings (SSSR count). The molecule has 0 fully saturated rings. The Hall–Kier alpha value is -2.34. The molecule has 2 amide bonds. The summed E-state index contributed by atoms with van der Waals surface area (Å²) >= 11 is 1.63. The number of methoxy groups -OCH3 is 1. The Bertz CT molecular complexity index is 698. The zero-order valence-corrected chi connectivity index (χ0v) is 15.8. The molecule has 0 aliphatic heterocycles. The number of rotatable bonds is 7. The van der Waals surface area contributed by atoms with E-state index in [4.69, 9.17) is 4.74 Å². The Morgan fingerprint density at radius 3 is 2.44 bits per heavy atom. The van der Waals surface area contributed by atoms with Gasteiger partial charge in [-0.15, -0.1) is 11.3 Å². The van der Waals surface area contributed by atoms with Gasteiger partial charge in [0.25, 0.3) is 0 Å². The predicted molar refractivity (Wildman–Crippen MR) is 99.7 cm³/mol. The summed E-state index contributed by atoms with van der Waals surface area (Å²) in [5.74, 6) is 0.554. The first kappa shape index (κ1) is 19.0. The second kappa shape index (κ2) is 8.67. The lowest BCUT2D eigenvalue weighted by Gasteiger charge is -2.27. The number of carbonyl (C=O) groups excluding carboxylic acids is 2. The minimum absolute atomic E-state index is 0.00125. The smallest absolute Gasteiger partial charge is 0.225 e. The summed E-state index contributed by atoms with van der Waals surface area (Å²) in [6.07, 6.45) is 0.206. The van der Waals surface area contributed by atoms with Gasteiger partial charge in [-0.1, -0.05) is 18.2 Å². The van der Waals surface area contributed by atoms with Crippen LogP contribution < -0.4 is 10.1 Å². The molecule has 134 valence electrons. The molecule has 0 bridgehead atoms. The van der Waals surface area contributed by atoms with E-state index >= 15 is 0 Å². The minimum atomic E-state index is -0.367. The summed E-state index contributed by atoms with van der Waals surface area (Å²) in [4.78, 5) is 27.1. The maximum absolute atomic E-state index is 12.7. The molecule has 25 heavy (non-hydrogen) atoms. The normalized spacial score (nSPS) is 13.0. The van der Waals surface area contributed by atoms with E-state index in [0.29, 0.717) is 0 Å². The highest BCUT2D eigenvalue weighted by molar-refractivity contribution is 7.10. The fourth-order valence-corrected chi connectivity index (χ4v) is 3.41. The van der Waals surface area contributed by atoms with Gasteiger partial charge in [-0.05, 0) is 36.1 Å². The number of benzene rings is 1. The van der Waals surface area contributed by atoms with Crippen molar-refractivity contribution in [2.75, 3.05) is 14.2 Å². The van der Waals surface area contributed by atoms with Crippen LogP contribution in [-0.2, 0) is 9.59 Å². The fraction of sp³-hybridized carbons (Fsp3) is 0.368. The molecule has 0 saturated heterocycles. The van der Waals surface area contributed by atoms with Gasteiger partial charge in [-0.3, -0.25) is 9.59 Å². The van der Waals surface area contributed by atoms with E-state index in [1.807, 2.05) is 48.7 Å². The van der Waals surface area contributed by atoms with E-state index in [9.17, 15) is 9.59 Å². The van der Waals surface area contributed by atoms with E-state index in [2.05, 4.69) is 5.32 Å². The van der Waals surface area contributed by atoms with Crippen molar-refractivity contribution in [3.05, 3.63) is 52.2 Å². The summed E-state index contributed by atoms with van der Waals surface area (Å²) in [6, 6.07) is 11.0. The molecular formula is C19H24N2O3S. The van der Waals surface area contributed by atoms with Crippen LogP contribution in [0.3, 0.4) is 0 Å². The summed E-state index contributed by atoms with van der Waals surface area (Å²) in [6.45, 7) is 3.46. The van der Waals surface area contributed by atoms with E-state index in [0.717, 1.165) is 16.2 Å².